The number of aryl methyl sites for hydroxylation is 1. The summed E-state index contributed by atoms with van der Waals surface area (Å²) in [6.45, 7) is 0.926. The number of ether oxygens (including phenoxy) is 1. The first-order chi connectivity index (χ1) is 23.0. The van der Waals surface area contributed by atoms with E-state index in [1.165, 1.54) is 19.2 Å². The Labute approximate surface area is 284 Å². The lowest BCUT2D eigenvalue weighted by atomic mass is 9.69. The number of H-pyrrole nitrogens is 1. The van der Waals surface area contributed by atoms with Crippen LogP contribution in [0.2, 0.25) is 5.02 Å². The summed E-state index contributed by atoms with van der Waals surface area (Å²) in [7, 11) is 3.24. The first kappa shape index (κ1) is 34.9. The Morgan fingerprint density at radius 1 is 1.08 bits per heavy atom. The van der Waals surface area contributed by atoms with E-state index in [9.17, 15) is 29.7 Å². The number of phenolic OH excluding ortho intramolecular Hbond substituents is 1. The lowest BCUT2D eigenvalue weighted by molar-refractivity contribution is -0.145. The molecule has 48 heavy (non-hydrogen) atoms. The predicted octanol–water partition coefficient (Wildman–Crippen LogP) is 5.71. The third-order valence-electron chi connectivity index (χ3n) is 9.42. The van der Waals surface area contributed by atoms with Crippen LogP contribution in [0.4, 0.5) is 0 Å². The number of carboxylic acids is 1. The zero-order chi connectivity index (χ0) is 34.4. The van der Waals surface area contributed by atoms with E-state index in [1.54, 1.807) is 36.2 Å². The second-order valence-electron chi connectivity index (χ2n) is 12.6. The van der Waals surface area contributed by atoms with Crippen LogP contribution < -0.4 is 15.6 Å². The van der Waals surface area contributed by atoms with Crippen molar-refractivity contribution < 1.29 is 29.6 Å². The van der Waals surface area contributed by atoms with Gasteiger partial charge in [0, 0.05) is 43.7 Å². The number of nitrogens with one attached hydrogen (secondary N) is 2. The molecule has 1 aliphatic carbocycles. The van der Waals surface area contributed by atoms with E-state index in [-0.39, 0.29) is 34.3 Å². The van der Waals surface area contributed by atoms with Gasteiger partial charge in [0.05, 0.1) is 34.7 Å². The number of carbonyl (C=O) groups excluding carboxylic acids is 1. The van der Waals surface area contributed by atoms with Gasteiger partial charge in [0.1, 0.15) is 11.5 Å². The number of carboxylic acid groups (broad SMARTS) is 1. The van der Waals surface area contributed by atoms with Crippen molar-refractivity contribution in [3.05, 3.63) is 104 Å². The van der Waals surface area contributed by atoms with E-state index >= 15 is 0 Å². The van der Waals surface area contributed by atoms with Crippen molar-refractivity contribution in [2.45, 2.75) is 63.0 Å². The molecule has 5 N–H and O–H groups in total. The molecule has 11 heteroatoms. The van der Waals surface area contributed by atoms with E-state index < -0.39 is 17.5 Å². The molecule has 254 valence electrons. The molecule has 5 rings (SSSR count). The highest BCUT2D eigenvalue weighted by molar-refractivity contribution is 6.34. The van der Waals surface area contributed by atoms with Crippen molar-refractivity contribution in [1.29, 1.82) is 0 Å². The Kier molecular flexibility index (Phi) is 11.1. The van der Waals surface area contributed by atoms with Crippen LogP contribution in [0.25, 0.3) is 10.9 Å². The maximum Gasteiger partial charge on any atom is 0.314 e. The van der Waals surface area contributed by atoms with Crippen LogP contribution in [0.5, 0.6) is 11.5 Å². The first-order valence-corrected chi connectivity index (χ1v) is 16.6. The Morgan fingerprint density at radius 3 is 2.58 bits per heavy atom. The van der Waals surface area contributed by atoms with Crippen molar-refractivity contribution in [3.8, 4) is 11.5 Å². The van der Waals surface area contributed by atoms with Crippen LogP contribution in [0.15, 0.2) is 65.5 Å². The molecule has 1 aromatic heterocycles. The van der Waals surface area contributed by atoms with Gasteiger partial charge in [-0.3, -0.25) is 14.4 Å². The van der Waals surface area contributed by atoms with Crippen LogP contribution in [0.1, 0.15) is 77.2 Å². The zero-order valence-electron chi connectivity index (χ0n) is 27.2. The number of aliphatic carboxylic acids is 1. The summed E-state index contributed by atoms with van der Waals surface area (Å²) in [4.78, 5) is 41.6. The van der Waals surface area contributed by atoms with Crippen LogP contribution in [-0.4, -0.2) is 64.3 Å². The average molecular weight is 676 g/mol. The number of rotatable bonds is 13. The summed E-state index contributed by atoms with van der Waals surface area (Å²) in [5, 5.41) is 35.1. The molecule has 1 amide bonds. The quantitative estimate of drug-likeness (QED) is 0.121. The monoisotopic (exact) mass is 675 g/mol. The maximum absolute atomic E-state index is 13.4. The minimum atomic E-state index is -0.942. The van der Waals surface area contributed by atoms with Crippen LogP contribution in [0, 0.1) is 0 Å². The van der Waals surface area contributed by atoms with Gasteiger partial charge in [-0.2, -0.15) is 0 Å². The average Bonchev–Trinajstić information content (AvgIpc) is 3.08. The molecular formula is C37H42ClN3O7. The molecule has 0 saturated heterocycles. The minimum Gasteiger partial charge on any atom is -0.506 e. The number of aliphatic hydroxyl groups is 1. The number of phenols is 1. The van der Waals surface area contributed by atoms with Gasteiger partial charge in [-0.05, 0) is 66.6 Å². The molecule has 1 unspecified atom stereocenters. The third kappa shape index (κ3) is 7.51. The van der Waals surface area contributed by atoms with Crippen molar-refractivity contribution >= 4 is 34.4 Å². The van der Waals surface area contributed by atoms with Gasteiger partial charge in [-0.15, -0.1) is 0 Å². The summed E-state index contributed by atoms with van der Waals surface area (Å²) in [5.41, 5.74) is 2.56. The SMILES string of the molecule is COc1cc(C(=O)N(C)CCCc2cccc(C3(C(=O)O)CCCCC3)c2)c(Cl)cc1CNCC(O)c1ccc(O)c2[nH]c(=O)ccc12. The number of nitrogens with zero attached hydrogens (tertiary/aromatic N) is 1. The predicted molar refractivity (Wildman–Crippen MR) is 185 cm³/mol. The summed E-state index contributed by atoms with van der Waals surface area (Å²) in [6.07, 6.45) is 4.67. The molecule has 1 saturated carbocycles. The highest BCUT2D eigenvalue weighted by Crippen LogP contribution is 2.40. The number of carbonyl (C=O) groups is 2. The zero-order valence-corrected chi connectivity index (χ0v) is 28.0. The standard InChI is InChI=1S/C37H42ClN3O7/c1-41(17-7-9-23-8-6-10-25(18-23)37(36(46)47)15-4-3-5-16-37)35(45)28-20-32(48-2)24(19-29(28)38)21-39-22-31(43)26-11-13-30(42)34-27(26)12-14-33(44)40-34/h6,8,10-14,18-20,31,39,42-43H,3-5,7,9,15-17,21-22H2,1-2H3,(H,40,44)(H,46,47). The van der Waals surface area contributed by atoms with Gasteiger partial charge in [0.25, 0.3) is 5.91 Å². The molecule has 10 nitrogen and oxygen atoms in total. The molecule has 0 aliphatic heterocycles. The number of methoxy groups -OCH3 is 1. The van der Waals surface area contributed by atoms with E-state index in [0.717, 1.165) is 30.4 Å². The van der Waals surface area contributed by atoms with Crippen molar-refractivity contribution in [2.24, 2.45) is 0 Å². The maximum atomic E-state index is 13.4. The number of halogens is 1. The summed E-state index contributed by atoms with van der Waals surface area (Å²) in [5.74, 6) is -0.607. The van der Waals surface area contributed by atoms with Gasteiger partial charge >= 0.3 is 5.97 Å². The Bertz CT molecular complexity index is 1850. The van der Waals surface area contributed by atoms with E-state index in [4.69, 9.17) is 16.3 Å². The lowest BCUT2D eigenvalue weighted by Gasteiger charge is -2.34. The number of aromatic nitrogens is 1. The lowest BCUT2D eigenvalue weighted by Crippen LogP contribution is -2.37. The Morgan fingerprint density at radius 2 is 1.85 bits per heavy atom. The second kappa shape index (κ2) is 15.2. The molecule has 0 radical (unpaired) electrons. The number of benzene rings is 3. The fraction of sp³-hybridized carbons (Fsp3) is 0.378. The number of hydrogen-bond acceptors (Lipinski definition) is 7. The van der Waals surface area contributed by atoms with Gasteiger partial charge in [-0.25, -0.2) is 0 Å². The number of pyridine rings is 1. The molecule has 0 bridgehead atoms. The van der Waals surface area contributed by atoms with Crippen molar-refractivity contribution in [3.63, 3.8) is 0 Å². The molecule has 1 aliphatic rings. The molecular weight excluding hydrogens is 634 g/mol. The van der Waals surface area contributed by atoms with E-state index in [2.05, 4.69) is 10.3 Å². The smallest absolute Gasteiger partial charge is 0.314 e. The molecule has 1 heterocycles. The largest absolute Gasteiger partial charge is 0.506 e. The number of amides is 1. The van der Waals surface area contributed by atoms with Crippen molar-refractivity contribution in [1.82, 2.24) is 15.2 Å². The van der Waals surface area contributed by atoms with Crippen LogP contribution in [-0.2, 0) is 23.2 Å². The summed E-state index contributed by atoms with van der Waals surface area (Å²) < 4.78 is 5.59. The molecule has 0 spiro atoms. The summed E-state index contributed by atoms with van der Waals surface area (Å²) in [6, 6.07) is 17.1. The van der Waals surface area contributed by atoms with Gasteiger partial charge in [0.2, 0.25) is 5.56 Å². The van der Waals surface area contributed by atoms with Gasteiger partial charge in [-0.1, -0.05) is 61.2 Å². The fourth-order valence-electron chi connectivity index (χ4n) is 6.72. The number of aliphatic hydroxyl groups excluding tert-OH is 1. The van der Waals surface area contributed by atoms with Crippen LogP contribution >= 0.6 is 11.6 Å². The Balaban J connectivity index is 1.19. The number of fused-ring (bicyclic) bond motifs is 1. The van der Waals surface area contributed by atoms with Gasteiger partial charge < -0.3 is 35.3 Å². The molecule has 4 aromatic rings. The molecule has 3 aromatic carbocycles. The Hall–Kier alpha value is -4.38. The normalized spacial score (nSPS) is 14.8. The number of aromatic amines is 1. The number of hydrogen-bond donors (Lipinski definition) is 5. The minimum absolute atomic E-state index is 0.0821. The van der Waals surface area contributed by atoms with E-state index in [1.807, 2.05) is 24.3 Å². The second-order valence-corrected chi connectivity index (χ2v) is 13.0. The molecule has 1 atom stereocenters. The fourth-order valence-corrected chi connectivity index (χ4v) is 6.99. The highest BCUT2D eigenvalue weighted by atomic mass is 35.5. The topological polar surface area (TPSA) is 152 Å². The third-order valence-corrected chi connectivity index (χ3v) is 9.73. The summed E-state index contributed by atoms with van der Waals surface area (Å²) >= 11 is 6.61. The first-order valence-electron chi connectivity index (χ1n) is 16.2. The number of aromatic hydroxyl groups is 1. The van der Waals surface area contributed by atoms with Crippen LogP contribution in [0.3, 0.4) is 0 Å². The van der Waals surface area contributed by atoms with Crippen molar-refractivity contribution in [2.75, 3.05) is 27.2 Å². The van der Waals surface area contributed by atoms with E-state index in [0.29, 0.717) is 66.6 Å². The van der Waals surface area contributed by atoms with Gasteiger partial charge in [0.15, 0.2) is 0 Å². The molecule has 1 fully saturated rings. The highest BCUT2D eigenvalue weighted by Gasteiger charge is 2.41.